The summed E-state index contributed by atoms with van der Waals surface area (Å²) in [5.74, 6) is 1.50. The molecule has 3 aromatic rings. The van der Waals surface area contributed by atoms with Crippen molar-refractivity contribution in [2.45, 2.75) is 22.6 Å². The largest absolute Gasteiger partial charge is 0.454 e. The van der Waals surface area contributed by atoms with E-state index in [-0.39, 0.29) is 12.7 Å². The molecule has 1 heterocycles. The van der Waals surface area contributed by atoms with Gasteiger partial charge in [-0.2, -0.15) is 0 Å². The van der Waals surface area contributed by atoms with Gasteiger partial charge in [-0.1, -0.05) is 48.2 Å². The maximum absolute atomic E-state index is 12.4. The predicted octanol–water partition coefficient (Wildman–Crippen LogP) is 5.14. The highest BCUT2D eigenvalue weighted by Gasteiger charge is 2.14. The molecule has 1 N–H and O–H groups in total. The SMILES string of the molecule is O=C(CCc1ccc2c(c1)OCO2)Nc1ccccc1Sc1ccccc1. The van der Waals surface area contributed by atoms with Crippen LogP contribution in [0.15, 0.2) is 82.6 Å². The Morgan fingerprint density at radius 1 is 0.926 bits per heavy atom. The maximum atomic E-state index is 12.4. The lowest BCUT2D eigenvalue weighted by atomic mass is 10.1. The summed E-state index contributed by atoms with van der Waals surface area (Å²) in [5, 5.41) is 3.04. The zero-order valence-corrected chi connectivity index (χ0v) is 15.5. The minimum absolute atomic E-state index is 0.00576. The van der Waals surface area contributed by atoms with Gasteiger partial charge in [0.05, 0.1) is 5.69 Å². The molecule has 0 spiro atoms. The molecule has 27 heavy (non-hydrogen) atoms. The van der Waals surface area contributed by atoms with E-state index < -0.39 is 0 Å². The molecule has 1 amide bonds. The van der Waals surface area contributed by atoms with Crippen molar-refractivity contribution in [3.63, 3.8) is 0 Å². The number of fused-ring (bicyclic) bond motifs is 1. The van der Waals surface area contributed by atoms with Crippen LogP contribution in [0.1, 0.15) is 12.0 Å². The molecule has 0 saturated heterocycles. The van der Waals surface area contributed by atoms with E-state index in [0.29, 0.717) is 12.8 Å². The standard InChI is InChI=1S/C22H19NO3S/c24-22(13-11-16-10-12-19-20(14-16)26-15-25-19)23-18-8-4-5-9-21(18)27-17-6-2-1-3-7-17/h1-10,12,14H,11,13,15H2,(H,23,24). The van der Waals surface area contributed by atoms with Crippen molar-refractivity contribution in [1.29, 1.82) is 0 Å². The molecule has 0 unspecified atom stereocenters. The van der Waals surface area contributed by atoms with Crippen molar-refractivity contribution in [2.75, 3.05) is 12.1 Å². The number of hydrogen-bond donors (Lipinski definition) is 1. The number of hydrogen-bond acceptors (Lipinski definition) is 4. The van der Waals surface area contributed by atoms with E-state index in [2.05, 4.69) is 17.4 Å². The van der Waals surface area contributed by atoms with Crippen LogP contribution in [0, 0.1) is 0 Å². The van der Waals surface area contributed by atoms with Crippen molar-refractivity contribution >= 4 is 23.4 Å². The van der Waals surface area contributed by atoms with Crippen molar-refractivity contribution < 1.29 is 14.3 Å². The first-order chi connectivity index (χ1) is 13.3. The van der Waals surface area contributed by atoms with Gasteiger partial charge in [0.25, 0.3) is 0 Å². The zero-order valence-electron chi connectivity index (χ0n) is 14.7. The van der Waals surface area contributed by atoms with Crippen molar-refractivity contribution in [1.82, 2.24) is 0 Å². The number of amides is 1. The first-order valence-corrected chi connectivity index (χ1v) is 9.60. The zero-order chi connectivity index (χ0) is 18.5. The Balaban J connectivity index is 1.38. The quantitative estimate of drug-likeness (QED) is 0.646. The average molecular weight is 377 g/mol. The highest BCUT2D eigenvalue weighted by molar-refractivity contribution is 7.99. The third kappa shape index (κ3) is 4.44. The lowest BCUT2D eigenvalue weighted by Gasteiger charge is -2.11. The van der Waals surface area contributed by atoms with Gasteiger partial charge in [0.15, 0.2) is 11.5 Å². The smallest absolute Gasteiger partial charge is 0.231 e. The fraction of sp³-hybridized carbons (Fsp3) is 0.136. The van der Waals surface area contributed by atoms with Gasteiger partial charge >= 0.3 is 0 Å². The maximum Gasteiger partial charge on any atom is 0.231 e. The van der Waals surface area contributed by atoms with E-state index in [1.165, 1.54) is 0 Å². The van der Waals surface area contributed by atoms with E-state index in [1.54, 1.807) is 11.8 Å². The molecule has 0 fully saturated rings. The van der Waals surface area contributed by atoms with E-state index in [4.69, 9.17) is 9.47 Å². The second-order valence-corrected chi connectivity index (χ2v) is 7.26. The fourth-order valence-electron chi connectivity index (χ4n) is 2.84. The normalized spacial score (nSPS) is 12.0. The Bertz CT molecular complexity index is 943. The Morgan fingerprint density at radius 2 is 1.70 bits per heavy atom. The van der Waals surface area contributed by atoms with Crippen LogP contribution in [0.2, 0.25) is 0 Å². The molecular formula is C22H19NO3S. The lowest BCUT2D eigenvalue weighted by molar-refractivity contribution is -0.116. The number of aryl methyl sites for hydroxylation is 1. The molecule has 0 radical (unpaired) electrons. The van der Waals surface area contributed by atoms with Gasteiger partial charge in [-0.05, 0) is 48.4 Å². The molecule has 0 aliphatic carbocycles. The van der Waals surface area contributed by atoms with Crippen LogP contribution in [0.4, 0.5) is 5.69 Å². The molecule has 4 rings (SSSR count). The van der Waals surface area contributed by atoms with Gasteiger partial charge < -0.3 is 14.8 Å². The van der Waals surface area contributed by atoms with Crippen LogP contribution in [-0.4, -0.2) is 12.7 Å². The van der Waals surface area contributed by atoms with E-state index in [9.17, 15) is 4.79 Å². The Morgan fingerprint density at radius 3 is 2.59 bits per heavy atom. The van der Waals surface area contributed by atoms with Gasteiger partial charge in [-0.25, -0.2) is 0 Å². The van der Waals surface area contributed by atoms with Gasteiger partial charge in [0, 0.05) is 16.2 Å². The number of carbonyl (C=O) groups excluding carboxylic acids is 1. The number of carbonyl (C=O) groups is 1. The molecule has 0 atom stereocenters. The summed E-state index contributed by atoms with van der Waals surface area (Å²) in [6.45, 7) is 0.259. The summed E-state index contributed by atoms with van der Waals surface area (Å²) in [4.78, 5) is 14.6. The molecule has 0 bridgehead atoms. The number of rotatable bonds is 6. The van der Waals surface area contributed by atoms with Crippen LogP contribution in [-0.2, 0) is 11.2 Å². The monoisotopic (exact) mass is 377 g/mol. The molecule has 5 heteroatoms. The van der Waals surface area contributed by atoms with E-state index >= 15 is 0 Å². The third-order valence-corrected chi connectivity index (χ3v) is 5.29. The second kappa shape index (κ2) is 8.18. The summed E-state index contributed by atoms with van der Waals surface area (Å²) in [5.41, 5.74) is 1.89. The molecule has 3 aromatic carbocycles. The first-order valence-electron chi connectivity index (χ1n) is 8.78. The third-order valence-electron chi connectivity index (χ3n) is 4.21. The van der Waals surface area contributed by atoms with Crippen LogP contribution >= 0.6 is 11.8 Å². The summed E-state index contributed by atoms with van der Waals surface area (Å²) in [6, 6.07) is 23.8. The van der Waals surface area contributed by atoms with Crippen LogP contribution in [0.3, 0.4) is 0 Å². The number of nitrogens with one attached hydrogen (secondary N) is 1. The number of ether oxygens (including phenoxy) is 2. The van der Waals surface area contributed by atoms with Crippen molar-refractivity contribution in [3.05, 3.63) is 78.4 Å². The average Bonchev–Trinajstić information content (AvgIpc) is 3.17. The van der Waals surface area contributed by atoms with Crippen LogP contribution < -0.4 is 14.8 Å². The second-order valence-electron chi connectivity index (χ2n) is 6.15. The topological polar surface area (TPSA) is 47.6 Å². The van der Waals surface area contributed by atoms with Crippen molar-refractivity contribution in [2.24, 2.45) is 0 Å². The van der Waals surface area contributed by atoms with Gasteiger partial charge in [-0.3, -0.25) is 4.79 Å². The van der Waals surface area contributed by atoms with Gasteiger partial charge in [0.2, 0.25) is 12.7 Å². The number of benzene rings is 3. The molecule has 4 nitrogen and oxygen atoms in total. The molecule has 1 aliphatic rings. The lowest BCUT2D eigenvalue weighted by Crippen LogP contribution is -2.12. The number of para-hydroxylation sites is 1. The summed E-state index contributed by atoms with van der Waals surface area (Å²) < 4.78 is 10.7. The molecular weight excluding hydrogens is 358 g/mol. The van der Waals surface area contributed by atoms with Gasteiger partial charge in [0.1, 0.15) is 0 Å². The van der Waals surface area contributed by atoms with Crippen LogP contribution in [0.25, 0.3) is 0 Å². The highest BCUT2D eigenvalue weighted by atomic mass is 32.2. The molecule has 1 aliphatic heterocycles. The first kappa shape index (κ1) is 17.5. The van der Waals surface area contributed by atoms with Crippen molar-refractivity contribution in [3.8, 4) is 11.5 Å². The number of anilines is 1. The highest BCUT2D eigenvalue weighted by Crippen LogP contribution is 2.34. The van der Waals surface area contributed by atoms with E-state index in [0.717, 1.165) is 32.5 Å². The Labute approximate surface area is 162 Å². The predicted molar refractivity (Wildman–Crippen MR) is 107 cm³/mol. The summed E-state index contributed by atoms with van der Waals surface area (Å²) >= 11 is 1.64. The molecule has 0 saturated carbocycles. The van der Waals surface area contributed by atoms with Crippen LogP contribution in [0.5, 0.6) is 11.5 Å². The summed E-state index contributed by atoms with van der Waals surface area (Å²) in [6.07, 6.45) is 1.06. The Hall–Kier alpha value is -2.92. The Kier molecular flexibility index (Phi) is 5.30. The molecule has 0 aromatic heterocycles. The minimum Gasteiger partial charge on any atom is -0.454 e. The molecule has 136 valence electrons. The summed E-state index contributed by atoms with van der Waals surface area (Å²) in [7, 11) is 0. The van der Waals surface area contributed by atoms with E-state index in [1.807, 2.05) is 60.7 Å². The minimum atomic E-state index is -0.00576. The fourth-order valence-corrected chi connectivity index (χ4v) is 3.76. The van der Waals surface area contributed by atoms with Gasteiger partial charge in [-0.15, -0.1) is 0 Å².